The zero-order valence-corrected chi connectivity index (χ0v) is 19.2. The van der Waals surface area contributed by atoms with Crippen molar-refractivity contribution in [3.05, 3.63) is 28.3 Å². The van der Waals surface area contributed by atoms with E-state index in [4.69, 9.17) is 25.3 Å². The van der Waals surface area contributed by atoms with Gasteiger partial charge in [-0.2, -0.15) is 12.6 Å². The molecule has 0 aliphatic heterocycles. The summed E-state index contributed by atoms with van der Waals surface area (Å²) in [4.78, 5) is 1.27. The lowest BCUT2D eigenvalue weighted by Crippen LogP contribution is -2.17. The van der Waals surface area contributed by atoms with E-state index in [1.54, 1.807) is 5.56 Å². The Hall–Kier alpha value is -0.0151. The van der Waals surface area contributed by atoms with E-state index in [1.807, 2.05) is 0 Å². The molecule has 0 saturated carbocycles. The Morgan fingerprint density at radius 3 is 2.56 bits per heavy atom. The van der Waals surface area contributed by atoms with Crippen molar-refractivity contribution in [2.45, 2.75) is 95.5 Å². The van der Waals surface area contributed by atoms with Crippen LogP contribution in [-0.2, 0) is 19.3 Å². The number of thiol groups is 2. The molecule has 1 aliphatic carbocycles. The van der Waals surface area contributed by atoms with Gasteiger partial charge >= 0.3 is 0 Å². The molecule has 3 atom stereocenters. The number of benzene rings is 1. The Morgan fingerprint density at radius 1 is 1.36 bits per heavy atom. The molecule has 0 fully saturated rings. The summed E-state index contributed by atoms with van der Waals surface area (Å²) in [5.41, 5.74) is 6.26. The molecule has 1 aliphatic rings. The number of hydrogen-bond acceptors (Lipinski definition) is 2. The summed E-state index contributed by atoms with van der Waals surface area (Å²) in [5, 5.41) is 0.630. The van der Waals surface area contributed by atoms with Gasteiger partial charge in [-0.05, 0) is 66.2 Å². The molecule has 25 heavy (non-hydrogen) atoms. The highest BCUT2D eigenvalue weighted by atomic mass is 32.1. The molecule has 1 aromatic rings. The fourth-order valence-corrected chi connectivity index (χ4v) is 5.59. The fraction of sp³-hybridized carbons (Fsp3) is 0.727. The Morgan fingerprint density at radius 2 is 2.00 bits per heavy atom. The summed E-state index contributed by atoms with van der Waals surface area (Å²) in [6, 6.07) is 2.43. The molecule has 0 saturated heterocycles. The Bertz CT molecular complexity index is 617. The average Bonchev–Trinajstić information content (AvgIpc) is 2.55. The van der Waals surface area contributed by atoms with E-state index in [0.717, 1.165) is 19.3 Å². The second kappa shape index (κ2) is 7.93. The zero-order chi connectivity index (χ0) is 19.0. The minimum absolute atomic E-state index is 0.278. The van der Waals surface area contributed by atoms with Crippen molar-refractivity contribution < 1.29 is 0 Å². The number of fused-ring (bicyclic) bond motifs is 1. The lowest BCUT2D eigenvalue weighted by Gasteiger charge is -2.29. The van der Waals surface area contributed by atoms with E-state index >= 15 is 0 Å². The summed E-state index contributed by atoms with van der Waals surface area (Å²) >= 11 is 9.91. The van der Waals surface area contributed by atoms with Gasteiger partial charge in [0.15, 0.2) is 0 Å². The highest BCUT2D eigenvalue weighted by molar-refractivity contribution is 7.80. The maximum absolute atomic E-state index is 5.07. The van der Waals surface area contributed by atoms with E-state index in [9.17, 15) is 0 Å². The molecule has 3 unspecified atom stereocenters. The van der Waals surface area contributed by atoms with Crippen molar-refractivity contribution in [3.8, 4) is 0 Å². The second-order valence-electron chi connectivity index (χ2n) is 10.1. The van der Waals surface area contributed by atoms with Gasteiger partial charge < -0.3 is 0 Å². The van der Waals surface area contributed by atoms with Crippen LogP contribution in [0.4, 0.5) is 0 Å². The van der Waals surface area contributed by atoms with Crippen LogP contribution in [0.5, 0.6) is 0 Å². The summed E-state index contributed by atoms with van der Waals surface area (Å²) < 4.78 is 0. The van der Waals surface area contributed by atoms with Crippen molar-refractivity contribution in [3.63, 3.8) is 0 Å². The molecular formula is C22H37BS2. The second-order valence-corrected chi connectivity index (χ2v) is 11.3. The minimum Gasteiger partial charge on any atom is -0.171 e. The van der Waals surface area contributed by atoms with Gasteiger partial charge in [0.25, 0.3) is 0 Å². The van der Waals surface area contributed by atoms with Gasteiger partial charge in [-0.3, -0.25) is 0 Å². The van der Waals surface area contributed by atoms with Crippen LogP contribution in [0.25, 0.3) is 0 Å². The van der Waals surface area contributed by atoms with Crippen LogP contribution >= 0.6 is 25.3 Å². The standard InChI is InChI=1S/C22H37BS2/c1-7-8-21(4,5)12-16-10-17(15(3)24)19-13-22(6,23)11-14(2)9-18(19)20(16)25/h10,14-15,24-25H,7-9,11-13,23H2,1-6H3. The first kappa shape index (κ1) is 21.3. The molecular weight excluding hydrogens is 339 g/mol. The van der Waals surface area contributed by atoms with Crippen LogP contribution in [0.3, 0.4) is 0 Å². The van der Waals surface area contributed by atoms with E-state index < -0.39 is 0 Å². The predicted molar refractivity (Wildman–Crippen MR) is 122 cm³/mol. The molecule has 0 heterocycles. The minimum atomic E-state index is 0.278. The van der Waals surface area contributed by atoms with Crippen LogP contribution in [0, 0.1) is 11.3 Å². The van der Waals surface area contributed by atoms with E-state index in [1.165, 1.54) is 40.8 Å². The average molecular weight is 376 g/mol. The Balaban J connectivity index is 2.58. The summed E-state index contributed by atoms with van der Waals surface area (Å²) in [6.07, 6.45) is 7.20. The molecule has 0 radical (unpaired) electrons. The molecule has 1 aromatic carbocycles. The first-order valence-corrected chi connectivity index (χ1v) is 11.0. The molecule has 0 aromatic heterocycles. The molecule has 0 N–H and O–H groups in total. The third-order valence-electron chi connectivity index (χ3n) is 5.79. The Kier molecular flexibility index (Phi) is 6.75. The van der Waals surface area contributed by atoms with Crippen LogP contribution in [-0.4, -0.2) is 7.85 Å². The van der Waals surface area contributed by atoms with Gasteiger partial charge in [0.2, 0.25) is 0 Å². The normalized spacial score (nSPS) is 25.4. The Labute approximate surface area is 168 Å². The fourth-order valence-electron chi connectivity index (χ4n) is 4.99. The molecule has 3 heteroatoms. The molecule has 0 amide bonds. The third-order valence-corrected chi connectivity index (χ3v) is 6.62. The summed E-state index contributed by atoms with van der Waals surface area (Å²) in [7, 11) is 2.42. The summed E-state index contributed by atoms with van der Waals surface area (Å²) in [6.45, 7) is 14.1. The van der Waals surface area contributed by atoms with Gasteiger partial charge in [0, 0.05) is 10.1 Å². The predicted octanol–water partition coefficient (Wildman–Crippen LogP) is 6.27. The maximum Gasteiger partial charge on any atom is 0.109 e. The van der Waals surface area contributed by atoms with Crippen molar-refractivity contribution in [2.75, 3.05) is 0 Å². The summed E-state index contributed by atoms with van der Waals surface area (Å²) in [5.74, 6) is 0.712. The maximum atomic E-state index is 5.07. The van der Waals surface area contributed by atoms with Crippen molar-refractivity contribution in [1.82, 2.24) is 0 Å². The topological polar surface area (TPSA) is 0 Å². The van der Waals surface area contributed by atoms with Crippen molar-refractivity contribution in [2.24, 2.45) is 11.3 Å². The van der Waals surface area contributed by atoms with Gasteiger partial charge in [-0.1, -0.05) is 58.8 Å². The third kappa shape index (κ3) is 5.25. The smallest absolute Gasteiger partial charge is 0.109 e. The highest BCUT2D eigenvalue weighted by Crippen LogP contribution is 2.45. The van der Waals surface area contributed by atoms with Gasteiger partial charge in [0.05, 0.1) is 0 Å². The van der Waals surface area contributed by atoms with Crippen LogP contribution < -0.4 is 0 Å². The molecule has 0 nitrogen and oxygen atoms in total. The lowest BCUT2D eigenvalue weighted by molar-refractivity contribution is 0.326. The van der Waals surface area contributed by atoms with E-state index in [2.05, 4.69) is 55.5 Å². The zero-order valence-electron chi connectivity index (χ0n) is 17.4. The molecule has 140 valence electrons. The molecule has 2 rings (SSSR count). The number of hydrogen-bond donors (Lipinski definition) is 2. The largest absolute Gasteiger partial charge is 0.171 e. The van der Waals surface area contributed by atoms with E-state index in [-0.39, 0.29) is 5.25 Å². The monoisotopic (exact) mass is 376 g/mol. The molecule has 0 spiro atoms. The van der Waals surface area contributed by atoms with Gasteiger partial charge in [-0.25, -0.2) is 0 Å². The van der Waals surface area contributed by atoms with Crippen LogP contribution in [0.2, 0.25) is 5.31 Å². The van der Waals surface area contributed by atoms with Crippen molar-refractivity contribution in [1.29, 1.82) is 0 Å². The number of rotatable bonds is 5. The van der Waals surface area contributed by atoms with Crippen LogP contribution in [0.1, 0.15) is 88.3 Å². The van der Waals surface area contributed by atoms with Gasteiger partial charge in [-0.15, -0.1) is 12.6 Å². The van der Waals surface area contributed by atoms with Gasteiger partial charge in [0.1, 0.15) is 7.85 Å². The SMILES string of the molecule is BC1(C)Cc2c(C(C)S)cc(CC(C)(C)CCC)c(S)c2CC(C)C1. The highest BCUT2D eigenvalue weighted by Gasteiger charge is 2.31. The quantitative estimate of drug-likeness (QED) is 0.338. The first-order valence-electron chi connectivity index (χ1n) is 10.0. The first-order chi connectivity index (χ1) is 11.5. The molecule has 0 bridgehead atoms. The lowest BCUT2D eigenvalue weighted by atomic mass is 9.63. The van der Waals surface area contributed by atoms with Crippen LogP contribution in [0.15, 0.2) is 11.0 Å². The van der Waals surface area contributed by atoms with Crippen molar-refractivity contribution >= 4 is 33.1 Å². The van der Waals surface area contributed by atoms with E-state index in [0.29, 0.717) is 16.6 Å².